The van der Waals surface area contributed by atoms with E-state index in [1.807, 2.05) is 0 Å². The zero-order valence-electron chi connectivity index (χ0n) is 8.86. The van der Waals surface area contributed by atoms with Crippen molar-refractivity contribution in [3.63, 3.8) is 0 Å². The van der Waals surface area contributed by atoms with Crippen LogP contribution in [0.4, 0.5) is 5.69 Å². The average molecular weight is 223 g/mol. The summed E-state index contributed by atoms with van der Waals surface area (Å²) in [6.07, 6.45) is 0.423. The third-order valence-electron chi connectivity index (χ3n) is 2.03. The molecule has 0 aliphatic rings. The third-order valence-corrected chi connectivity index (χ3v) is 2.03. The van der Waals surface area contributed by atoms with E-state index in [4.69, 9.17) is 10.2 Å². The number of aromatic carboxylic acids is 1. The zero-order valence-corrected chi connectivity index (χ0v) is 8.86. The molecular weight excluding hydrogens is 210 g/mol. The van der Waals surface area contributed by atoms with Crippen LogP contribution in [-0.2, 0) is 11.2 Å². The quantitative estimate of drug-likeness (QED) is 0.707. The molecule has 3 N–H and O–H groups in total. The summed E-state index contributed by atoms with van der Waals surface area (Å²) < 4.78 is 0. The lowest BCUT2D eigenvalue weighted by atomic mass is 10.1. The molecular formula is C11H13NO4. The Balaban J connectivity index is 3.10. The third kappa shape index (κ3) is 3.06. The van der Waals surface area contributed by atoms with E-state index in [2.05, 4.69) is 5.32 Å². The van der Waals surface area contributed by atoms with Crippen molar-refractivity contribution in [1.82, 2.24) is 0 Å². The maximum atomic E-state index is 10.9. The molecule has 5 nitrogen and oxygen atoms in total. The summed E-state index contributed by atoms with van der Waals surface area (Å²) in [6, 6.07) is 4.59. The van der Waals surface area contributed by atoms with E-state index in [-0.39, 0.29) is 23.8 Å². The second kappa shape index (κ2) is 5.27. The molecule has 16 heavy (non-hydrogen) atoms. The number of hydrogen-bond donors (Lipinski definition) is 3. The van der Waals surface area contributed by atoms with Crippen molar-refractivity contribution in [3.05, 3.63) is 29.3 Å². The molecule has 0 radical (unpaired) electrons. The molecule has 0 atom stereocenters. The van der Waals surface area contributed by atoms with Gasteiger partial charge in [0, 0.05) is 13.5 Å². The highest BCUT2D eigenvalue weighted by Crippen LogP contribution is 2.18. The largest absolute Gasteiger partial charge is 0.478 e. The van der Waals surface area contributed by atoms with Gasteiger partial charge in [-0.25, -0.2) is 4.79 Å². The number of carboxylic acids is 1. The van der Waals surface area contributed by atoms with Crippen LogP contribution in [0.2, 0.25) is 0 Å². The molecule has 0 aromatic heterocycles. The summed E-state index contributed by atoms with van der Waals surface area (Å²) in [7, 11) is 0. The highest BCUT2D eigenvalue weighted by atomic mass is 16.4. The average Bonchev–Trinajstić information content (AvgIpc) is 2.16. The lowest BCUT2D eigenvalue weighted by molar-refractivity contribution is -0.114. The summed E-state index contributed by atoms with van der Waals surface area (Å²) in [5.74, 6) is -1.43. The number of rotatable bonds is 4. The minimum atomic E-state index is -1.10. The fourth-order valence-electron chi connectivity index (χ4n) is 1.36. The van der Waals surface area contributed by atoms with Crippen molar-refractivity contribution >= 4 is 17.6 Å². The lowest BCUT2D eigenvalue weighted by Gasteiger charge is -2.08. The van der Waals surface area contributed by atoms with Crippen LogP contribution in [0.25, 0.3) is 0 Å². The Hall–Kier alpha value is -1.88. The topological polar surface area (TPSA) is 86.6 Å². The van der Waals surface area contributed by atoms with Crippen molar-refractivity contribution in [2.45, 2.75) is 13.3 Å². The smallest absolute Gasteiger partial charge is 0.337 e. The van der Waals surface area contributed by atoms with Crippen molar-refractivity contribution < 1.29 is 19.8 Å². The number of amides is 1. The second-order valence-corrected chi connectivity index (χ2v) is 3.34. The van der Waals surface area contributed by atoms with Crippen molar-refractivity contribution in [2.75, 3.05) is 11.9 Å². The van der Waals surface area contributed by atoms with E-state index >= 15 is 0 Å². The van der Waals surface area contributed by atoms with Gasteiger partial charge in [0.1, 0.15) is 0 Å². The number of nitrogens with one attached hydrogen (secondary N) is 1. The maximum Gasteiger partial charge on any atom is 0.337 e. The van der Waals surface area contributed by atoms with Gasteiger partial charge >= 0.3 is 5.97 Å². The molecule has 1 rings (SSSR count). The van der Waals surface area contributed by atoms with E-state index in [0.29, 0.717) is 6.42 Å². The van der Waals surface area contributed by atoms with Crippen LogP contribution in [0, 0.1) is 0 Å². The number of carbonyl (C=O) groups is 2. The number of carboxylic acid groups (broad SMARTS) is 1. The fraction of sp³-hybridized carbons (Fsp3) is 0.273. The summed E-state index contributed by atoms with van der Waals surface area (Å²) >= 11 is 0. The molecule has 0 spiro atoms. The predicted octanol–water partition coefficient (Wildman–Crippen LogP) is 0.878. The van der Waals surface area contributed by atoms with Gasteiger partial charge in [-0.3, -0.25) is 4.79 Å². The number of carbonyl (C=O) groups excluding carboxylic acids is 1. The summed E-state index contributed by atoms with van der Waals surface area (Å²) in [4.78, 5) is 21.8. The first-order valence-electron chi connectivity index (χ1n) is 4.79. The van der Waals surface area contributed by atoms with Gasteiger partial charge in [0.2, 0.25) is 5.91 Å². The minimum Gasteiger partial charge on any atom is -0.478 e. The van der Waals surface area contributed by atoms with Gasteiger partial charge in [0.25, 0.3) is 0 Å². The van der Waals surface area contributed by atoms with Crippen molar-refractivity contribution in [3.8, 4) is 0 Å². The van der Waals surface area contributed by atoms with Crippen LogP contribution in [0.5, 0.6) is 0 Å². The van der Waals surface area contributed by atoms with Crippen LogP contribution in [0.15, 0.2) is 18.2 Å². The predicted molar refractivity (Wildman–Crippen MR) is 58.5 cm³/mol. The summed E-state index contributed by atoms with van der Waals surface area (Å²) in [5, 5.41) is 20.1. The van der Waals surface area contributed by atoms with Crippen LogP contribution < -0.4 is 5.32 Å². The Morgan fingerprint density at radius 2 is 2.06 bits per heavy atom. The first kappa shape index (κ1) is 12.2. The normalized spacial score (nSPS) is 9.88. The highest BCUT2D eigenvalue weighted by Gasteiger charge is 2.11. The van der Waals surface area contributed by atoms with E-state index < -0.39 is 5.97 Å². The molecule has 1 amide bonds. The first-order chi connectivity index (χ1) is 7.54. The van der Waals surface area contributed by atoms with E-state index in [1.165, 1.54) is 13.0 Å². The number of aliphatic hydroxyl groups is 1. The summed E-state index contributed by atoms with van der Waals surface area (Å²) in [5.41, 5.74) is 1.07. The summed E-state index contributed by atoms with van der Waals surface area (Å²) in [6.45, 7) is 1.29. The van der Waals surface area contributed by atoms with Crippen LogP contribution in [-0.4, -0.2) is 28.7 Å². The fourth-order valence-corrected chi connectivity index (χ4v) is 1.36. The van der Waals surface area contributed by atoms with Crippen LogP contribution in [0.1, 0.15) is 22.8 Å². The van der Waals surface area contributed by atoms with Gasteiger partial charge in [-0.15, -0.1) is 0 Å². The molecule has 0 saturated heterocycles. The molecule has 0 saturated carbocycles. The molecule has 0 fully saturated rings. The Kier molecular flexibility index (Phi) is 4.02. The minimum absolute atomic E-state index is 0.0219. The molecule has 1 aromatic rings. The Bertz CT molecular complexity index is 414. The van der Waals surface area contributed by atoms with Gasteiger partial charge in [0.15, 0.2) is 0 Å². The Morgan fingerprint density at radius 1 is 1.38 bits per heavy atom. The number of benzene rings is 1. The molecule has 1 aromatic carbocycles. The van der Waals surface area contributed by atoms with Crippen LogP contribution >= 0.6 is 0 Å². The molecule has 86 valence electrons. The molecule has 0 unspecified atom stereocenters. The van der Waals surface area contributed by atoms with Gasteiger partial charge < -0.3 is 15.5 Å². The maximum absolute atomic E-state index is 10.9. The van der Waals surface area contributed by atoms with Crippen molar-refractivity contribution in [1.29, 1.82) is 0 Å². The SMILES string of the molecule is CC(=O)Nc1cc(CCO)ccc1C(=O)O. The number of anilines is 1. The Morgan fingerprint density at radius 3 is 2.56 bits per heavy atom. The van der Waals surface area contributed by atoms with Gasteiger partial charge in [0.05, 0.1) is 11.3 Å². The van der Waals surface area contributed by atoms with Gasteiger partial charge in [-0.05, 0) is 24.1 Å². The zero-order chi connectivity index (χ0) is 12.1. The molecule has 0 bridgehead atoms. The monoisotopic (exact) mass is 223 g/mol. The van der Waals surface area contributed by atoms with Crippen molar-refractivity contribution in [2.24, 2.45) is 0 Å². The molecule has 0 heterocycles. The standard InChI is InChI=1S/C11H13NO4/c1-7(14)12-10-6-8(4-5-13)2-3-9(10)11(15)16/h2-3,6,13H,4-5H2,1H3,(H,12,14)(H,15,16). The van der Waals surface area contributed by atoms with Gasteiger partial charge in [-0.2, -0.15) is 0 Å². The number of aliphatic hydroxyl groups excluding tert-OH is 1. The number of hydrogen-bond acceptors (Lipinski definition) is 3. The molecule has 0 aliphatic carbocycles. The van der Waals surface area contributed by atoms with Crippen LogP contribution in [0.3, 0.4) is 0 Å². The van der Waals surface area contributed by atoms with E-state index in [9.17, 15) is 9.59 Å². The highest BCUT2D eigenvalue weighted by molar-refractivity contribution is 5.99. The lowest BCUT2D eigenvalue weighted by Crippen LogP contribution is -2.11. The van der Waals surface area contributed by atoms with Gasteiger partial charge in [-0.1, -0.05) is 6.07 Å². The van der Waals surface area contributed by atoms with E-state index in [0.717, 1.165) is 5.56 Å². The molecule has 5 heteroatoms. The second-order valence-electron chi connectivity index (χ2n) is 3.34. The molecule has 0 aliphatic heterocycles. The first-order valence-corrected chi connectivity index (χ1v) is 4.79. The van der Waals surface area contributed by atoms with E-state index in [1.54, 1.807) is 12.1 Å². The Labute approximate surface area is 92.7 Å².